The maximum atomic E-state index is 13.3. The van der Waals surface area contributed by atoms with E-state index in [0.717, 1.165) is 10.5 Å². The standard InChI is InChI=1S/C29H24Cl2N2O4S/c1-36-25-15-8-19(16-26(25)37-2)28(34)32-20-9-12-22(13-10-20)38-27(18-6-4-3-5-7-18)29(35)33-21-11-14-23(30)24(31)17-21/h3-17,27H,1-2H3,(H,32,34)(H,33,35). The number of thioether (sulfide) groups is 1. The van der Waals surface area contributed by atoms with Gasteiger partial charge in [0, 0.05) is 21.8 Å². The highest BCUT2D eigenvalue weighted by molar-refractivity contribution is 8.00. The molecule has 4 aromatic rings. The topological polar surface area (TPSA) is 76.7 Å². The number of amides is 2. The van der Waals surface area contributed by atoms with Crippen LogP contribution in [0, 0.1) is 0 Å². The van der Waals surface area contributed by atoms with E-state index < -0.39 is 5.25 Å². The van der Waals surface area contributed by atoms with Gasteiger partial charge in [0.15, 0.2) is 11.5 Å². The second kappa shape index (κ2) is 12.7. The number of anilines is 2. The summed E-state index contributed by atoms with van der Waals surface area (Å²) in [4.78, 5) is 26.9. The maximum Gasteiger partial charge on any atom is 0.255 e. The molecule has 4 aromatic carbocycles. The second-order valence-electron chi connectivity index (χ2n) is 8.07. The highest BCUT2D eigenvalue weighted by Crippen LogP contribution is 2.37. The van der Waals surface area contributed by atoms with E-state index in [0.29, 0.717) is 38.5 Å². The van der Waals surface area contributed by atoms with Gasteiger partial charge >= 0.3 is 0 Å². The Morgan fingerprint density at radius 2 is 1.42 bits per heavy atom. The lowest BCUT2D eigenvalue weighted by molar-refractivity contribution is -0.115. The van der Waals surface area contributed by atoms with Gasteiger partial charge in [-0.25, -0.2) is 0 Å². The Balaban J connectivity index is 1.48. The molecule has 0 fully saturated rings. The first-order chi connectivity index (χ1) is 18.4. The van der Waals surface area contributed by atoms with Crippen LogP contribution in [0.3, 0.4) is 0 Å². The van der Waals surface area contributed by atoms with E-state index in [-0.39, 0.29) is 11.8 Å². The number of methoxy groups -OCH3 is 2. The molecule has 0 aliphatic heterocycles. The van der Waals surface area contributed by atoms with Gasteiger partial charge in [-0.05, 0) is 66.2 Å². The maximum absolute atomic E-state index is 13.3. The number of hydrogen-bond donors (Lipinski definition) is 2. The van der Waals surface area contributed by atoms with Gasteiger partial charge in [0.2, 0.25) is 5.91 Å². The predicted octanol–water partition coefficient (Wildman–Crippen LogP) is 7.74. The summed E-state index contributed by atoms with van der Waals surface area (Å²) >= 11 is 13.5. The van der Waals surface area contributed by atoms with Crippen LogP contribution in [0.4, 0.5) is 11.4 Å². The lowest BCUT2D eigenvalue weighted by Crippen LogP contribution is -2.19. The quantitative estimate of drug-likeness (QED) is 0.203. The van der Waals surface area contributed by atoms with Gasteiger partial charge in [-0.15, -0.1) is 11.8 Å². The van der Waals surface area contributed by atoms with Gasteiger partial charge in [0.1, 0.15) is 5.25 Å². The highest BCUT2D eigenvalue weighted by Gasteiger charge is 2.22. The van der Waals surface area contributed by atoms with Crippen molar-refractivity contribution in [2.24, 2.45) is 0 Å². The van der Waals surface area contributed by atoms with Gasteiger partial charge in [-0.2, -0.15) is 0 Å². The summed E-state index contributed by atoms with van der Waals surface area (Å²) in [6, 6.07) is 26.7. The first kappa shape index (κ1) is 27.4. The van der Waals surface area contributed by atoms with E-state index in [4.69, 9.17) is 32.7 Å². The number of carbonyl (C=O) groups excluding carboxylic acids is 2. The lowest BCUT2D eigenvalue weighted by Gasteiger charge is -2.18. The molecule has 0 radical (unpaired) electrons. The fourth-order valence-electron chi connectivity index (χ4n) is 3.62. The third-order valence-electron chi connectivity index (χ3n) is 5.54. The van der Waals surface area contributed by atoms with Crippen LogP contribution < -0.4 is 20.1 Å². The van der Waals surface area contributed by atoms with Crippen LogP contribution >= 0.6 is 35.0 Å². The molecule has 0 spiro atoms. The van der Waals surface area contributed by atoms with Crippen LogP contribution in [0.1, 0.15) is 21.2 Å². The van der Waals surface area contributed by atoms with Crippen molar-refractivity contribution in [3.05, 3.63) is 112 Å². The molecule has 194 valence electrons. The summed E-state index contributed by atoms with van der Waals surface area (Å²) in [6.07, 6.45) is 0. The molecule has 0 aliphatic carbocycles. The Morgan fingerprint density at radius 3 is 2.08 bits per heavy atom. The third kappa shape index (κ3) is 6.81. The van der Waals surface area contributed by atoms with Crippen LogP contribution in [0.2, 0.25) is 10.0 Å². The Bertz CT molecular complexity index is 1430. The fraction of sp³-hybridized carbons (Fsp3) is 0.103. The van der Waals surface area contributed by atoms with Crippen LogP contribution in [-0.2, 0) is 4.79 Å². The van der Waals surface area contributed by atoms with Crippen molar-refractivity contribution < 1.29 is 19.1 Å². The molecular weight excluding hydrogens is 543 g/mol. The summed E-state index contributed by atoms with van der Waals surface area (Å²) in [6.45, 7) is 0. The molecule has 38 heavy (non-hydrogen) atoms. The number of ether oxygens (including phenoxy) is 2. The van der Waals surface area contributed by atoms with Gasteiger partial charge in [0.05, 0.1) is 24.3 Å². The molecule has 1 unspecified atom stereocenters. The van der Waals surface area contributed by atoms with E-state index in [1.165, 1.54) is 26.0 Å². The van der Waals surface area contributed by atoms with Crippen molar-refractivity contribution in [1.82, 2.24) is 0 Å². The first-order valence-electron chi connectivity index (χ1n) is 11.5. The minimum atomic E-state index is -0.530. The SMILES string of the molecule is COc1ccc(C(=O)Nc2ccc(SC(C(=O)Nc3ccc(Cl)c(Cl)c3)c3ccccc3)cc2)cc1OC. The minimum absolute atomic E-state index is 0.203. The zero-order valence-corrected chi connectivity index (χ0v) is 22.9. The molecule has 4 rings (SSSR count). The number of hydrogen-bond acceptors (Lipinski definition) is 5. The summed E-state index contributed by atoms with van der Waals surface area (Å²) in [5.41, 5.74) is 2.45. The zero-order valence-electron chi connectivity index (χ0n) is 20.5. The van der Waals surface area contributed by atoms with Gasteiger partial charge in [0.25, 0.3) is 5.91 Å². The Kier molecular flexibility index (Phi) is 9.18. The number of halogens is 2. The average Bonchev–Trinajstić information content (AvgIpc) is 2.94. The summed E-state index contributed by atoms with van der Waals surface area (Å²) in [5, 5.41) is 6.04. The number of rotatable bonds is 9. The monoisotopic (exact) mass is 566 g/mol. The molecule has 0 saturated heterocycles. The van der Waals surface area contributed by atoms with Crippen LogP contribution in [0.25, 0.3) is 0 Å². The lowest BCUT2D eigenvalue weighted by atomic mass is 10.1. The molecule has 1 atom stereocenters. The fourth-order valence-corrected chi connectivity index (χ4v) is 4.94. The molecule has 0 aromatic heterocycles. The molecular formula is C29H24Cl2N2O4S. The van der Waals surface area contributed by atoms with Crippen molar-refractivity contribution in [2.45, 2.75) is 10.1 Å². The summed E-state index contributed by atoms with van der Waals surface area (Å²) in [5.74, 6) is 0.527. The second-order valence-corrected chi connectivity index (χ2v) is 10.1. The first-order valence-corrected chi connectivity index (χ1v) is 13.1. The highest BCUT2D eigenvalue weighted by atomic mass is 35.5. The van der Waals surface area contributed by atoms with Crippen molar-refractivity contribution in [3.63, 3.8) is 0 Å². The third-order valence-corrected chi connectivity index (χ3v) is 7.54. The normalized spacial score (nSPS) is 11.4. The summed E-state index contributed by atoms with van der Waals surface area (Å²) < 4.78 is 10.5. The minimum Gasteiger partial charge on any atom is -0.493 e. The number of carbonyl (C=O) groups is 2. The van der Waals surface area contributed by atoms with Gasteiger partial charge in [-0.1, -0.05) is 53.5 Å². The molecule has 9 heteroatoms. The van der Waals surface area contributed by atoms with Crippen LogP contribution in [0.5, 0.6) is 11.5 Å². The molecule has 0 bridgehead atoms. The van der Waals surface area contributed by atoms with Crippen molar-refractivity contribution >= 4 is 58.2 Å². The van der Waals surface area contributed by atoms with E-state index >= 15 is 0 Å². The largest absolute Gasteiger partial charge is 0.493 e. The molecule has 2 amide bonds. The van der Waals surface area contributed by atoms with Crippen LogP contribution in [-0.4, -0.2) is 26.0 Å². The van der Waals surface area contributed by atoms with Crippen molar-refractivity contribution in [2.75, 3.05) is 24.9 Å². The molecule has 2 N–H and O–H groups in total. The Labute approximate surface area is 235 Å². The number of benzene rings is 4. The van der Waals surface area contributed by atoms with Crippen molar-refractivity contribution in [3.8, 4) is 11.5 Å². The van der Waals surface area contributed by atoms with Gasteiger partial charge < -0.3 is 20.1 Å². The molecule has 0 aliphatic rings. The van der Waals surface area contributed by atoms with Gasteiger partial charge in [-0.3, -0.25) is 9.59 Å². The number of nitrogens with one attached hydrogen (secondary N) is 2. The Morgan fingerprint density at radius 1 is 0.737 bits per heavy atom. The Hall–Kier alpha value is -3.65. The molecule has 6 nitrogen and oxygen atoms in total. The van der Waals surface area contributed by atoms with E-state index in [1.807, 2.05) is 42.5 Å². The molecule has 0 heterocycles. The summed E-state index contributed by atoms with van der Waals surface area (Å²) in [7, 11) is 3.06. The molecule has 0 saturated carbocycles. The van der Waals surface area contributed by atoms with E-state index in [2.05, 4.69) is 10.6 Å². The van der Waals surface area contributed by atoms with E-state index in [1.54, 1.807) is 48.5 Å². The van der Waals surface area contributed by atoms with Crippen LogP contribution in [0.15, 0.2) is 95.9 Å². The predicted molar refractivity (Wildman–Crippen MR) is 154 cm³/mol. The zero-order chi connectivity index (χ0) is 27.1. The smallest absolute Gasteiger partial charge is 0.255 e. The van der Waals surface area contributed by atoms with E-state index in [9.17, 15) is 9.59 Å². The average molecular weight is 567 g/mol. The van der Waals surface area contributed by atoms with Crippen molar-refractivity contribution in [1.29, 1.82) is 0 Å².